The Morgan fingerprint density at radius 3 is 2.75 bits per heavy atom. The number of alkyl carbamates (subject to hydrolysis) is 1. The van der Waals surface area contributed by atoms with Crippen LogP contribution in [0.25, 0.3) is 0 Å². The first kappa shape index (κ1) is 13.7. The molecule has 2 heterocycles. The molecule has 104 valence electrons. The van der Waals surface area contributed by atoms with Gasteiger partial charge in [0.15, 0.2) is 0 Å². The van der Waals surface area contributed by atoms with Crippen LogP contribution in [0.15, 0.2) is 28.2 Å². The zero-order valence-corrected chi connectivity index (χ0v) is 11.0. The number of ether oxygens (including phenoxy) is 1. The zero-order chi connectivity index (χ0) is 14.5. The van der Waals surface area contributed by atoms with Gasteiger partial charge < -0.3 is 14.6 Å². The molecule has 0 saturated carbocycles. The van der Waals surface area contributed by atoms with Crippen molar-refractivity contribution in [2.45, 2.75) is 0 Å². The van der Waals surface area contributed by atoms with Crippen LogP contribution in [0.3, 0.4) is 0 Å². The first-order chi connectivity index (χ1) is 9.61. The van der Waals surface area contributed by atoms with Gasteiger partial charge in [-0.3, -0.25) is 14.9 Å². The van der Waals surface area contributed by atoms with E-state index in [9.17, 15) is 14.4 Å². The molecule has 2 aromatic heterocycles. The summed E-state index contributed by atoms with van der Waals surface area (Å²) in [6, 6.07) is 2.86. The van der Waals surface area contributed by atoms with Gasteiger partial charge in [-0.05, 0) is 11.4 Å². The Hall–Kier alpha value is -2.68. The quantitative estimate of drug-likeness (QED) is 0.887. The van der Waals surface area contributed by atoms with Crippen LogP contribution >= 0.6 is 11.3 Å². The van der Waals surface area contributed by atoms with Gasteiger partial charge in [0.25, 0.3) is 11.8 Å². The molecule has 0 spiro atoms. The van der Waals surface area contributed by atoms with Crippen LogP contribution in [-0.2, 0) is 4.74 Å². The monoisotopic (exact) mass is 295 g/mol. The summed E-state index contributed by atoms with van der Waals surface area (Å²) >= 11 is 1.13. The average Bonchev–Trinajstić information content (AvgIpc) is 3.09. The Morgan fingerprint density at radius 2 is 2.10 bits per heavy atom. The Balaban J connectivity index is 2.11. The van der Waals surface area contributed by atoms with Crippen molar-refractivity contribution in [3.63, 3.8) is 0 Å². The molecule has 0 aliphatic rings. The van der Waals surface area contributed by atoms with Crippen LogP contribution in [0.5, 0.6) is 0 Å². The summed E-state index contributed by atoms with van der Waals surface area (Å²) in [5, 5.41) is 9.79. The molecule has 0 aliphatic heterocycles. The van der Waals surface area contributed by atoms with Crippen molar-refractivity contribution in [3.05, 3.63) is 35.0 Å². The zero-order valence-electron chi connectivity index (χ0n) is 10.2. The Bertz CT molecular complexity index is 634. The molecule has 0 aromatic carbocycles. The third-order valence-corrected chi connectivity index (χ3v) is 3.03. The number of anilines is 1. The molecule has 0 atom stereocenters. The van der Waals surface area contributed by atoms with E-state index in [0.29, 0.717) is 0 Å². The summed E-state index contributed by atoms with van der Waals surface area (Å²) in [5.41, 5.74) is 0.147. The number of hydrogen-bond acceptors (Lipinski definition) is 7. The molecular formula is C11H9N3O5S. The van der Waals surface area contributed by atoms with Crippen molar-refractivity contribution in [2.24, 2.45) is 0 Å². The van der Waals surface area contributed by atoms with Gasteiger partial charge in [-0.2, -0.15) is 0 Å². The molecule has 0 fully saturated rings. The molecular weight excluding hydrogens is 286 g/mol. The van der Waals surface area contributed by atoms with Gasteiger partial charge >= 0.3 is 6.09 Å². The van der Waals surface area contributed by atoms with Gasteiger partial charge in [-0.25, -0.2) is 4.79 Å². The van der Waals surface area contributed by atoms with E-state index >= 15 is 0 Å². The molecule has 2 N–H and O–H groups in total. The largest absolute Gasteiger partial charge is 0.453 e. The third-order valence-electron chi connectivity index (χ3n) is 2.20. The fraction of sp³-hybridized carbons (Fsp3) is 0.0909. The number of imide groups is 1. The van der Waals surface area contributed by atoms with E-state index in [1.165, 1.54) is 18.3 Å². The smallest absolute Gasteiger partial charge is 0.413 e. The maximum atomic E-state index is 11.8. The average molecular weight is 295 g/mol. The van der Waals surface area contributed by atoms with Crippen molar-refractivity contribution in [1.29, 1.82) is 0 Å². The summed E-state index contributed by atoms with van der Waals surface area (Å²) in [5.74, 6) is -1.21. The van der Waals surface area contributed by atoms with E-state index in [1.54, 1.807) is 5.38 Å². The van der Waals surface area contributed by atoms with Crippen LogP contribution in [-0.4, -0.2) is 30.2 Å². The predicted molar refractivity (Wildman–Crippen MR) is 68.6 cm³/mol. The molecule has 9 heteroatoms. The summed E-state index contributed by atoms with van der Waals surface area (Å²) in [7, 11) is 1.14. The summed E-state index contributed by atoms with van der Waals surface area (Å²) < 4.78 is 9.01. The minimum Gasteiger partial charge on any atom is -0.453 e. The molecule has 0 unspecified atom stereocenters. The molecule has 20 heavy (non-hydrogen) atoms. The molecule has 0 aliphatic carbocycles. The van der Waals surface area contributed by atoms with Crippen LogP contribution in [0.1, 0.15) is 20.9 Å². The van der Waals surface area contributed by atoms with Gasteiger partial charge in [0.1, 0.15) is 5.00 Å². The normalized spacial score (nSPS) is 9.85. The number of aromatic nitrogens is 1. The predicted octanol–water partition coefficient (Wildman–Crippen LogP) is 1.48. The van der Waals surface area contributed by atoms with Crippen LogP contribution < -0.4 is 10.6 Å². The SMILES string of the molecule is COC(=O)NC(=O)c1ccsc1NC(=O)c1ccno1. The van der Waals surface area contributed by atoms with E-state index in [1.807, 2.05) is 5.32 Å². The number of carbonyl (C=O) groups is 3. The van der Waals surface area contributed by atoms with Crippen LogP contribution in [0, 0.1) is 0 Å². The number of nitrogens with zero attached hydrogens (tertiary/aromatic N) is 1. The topological polar surface area (TPSA) is 111 Å². The van der Waals surface area contributed by atoms with Crippen molar-refractivity contribution >= 4 is 34.2 Å². The van der Waals surface area contributed by atoms with Gasteiger partial charge in [-0.15, -0.1) is 11.3 Å². The van der Waals surface area contributed by atoms with E-state index in [0.717, 1.165) is 18.4 Å². The first-order valence-corrected chi connectivity index (χ1v) is 6.18. The lowest BCUT2D eigenvalue weighted by Gasteiger charge is -2.04. The van der Waals surface area contributed by atoms with E-state index in [-0.39, 0.29) is 16.3 Å². The molecule has 2 rings (SSSR count). The number of nitrogens with one attached hydrogen (secondary N) is 2. The third kappa shape index (κ3) is 3.01. The minimum absolute atomic E-state index is 0.0118. The van der Waals surface area contributed by atoms with Gasteiger partial charge in [0.2, 0.25) is 5.76 Å². The number of hydrogen-bond donors (Lipinski definition) is 2. The second-order valence-electron chi connectivity index (χ2n) is 3.44. The molecule has 8 nitrogen and oxygen atoms in total. The van der Waals surface area contributed by atoms with Gasteiger partial charge in [0, 0.05) is 6.07 Å². The van der Waals surface area contributed by atoms with Gasteiger partial charge in [-0.1, -0.05) is 5.16 Å². The van der Waals surface area contributed by atoms with Crippen molar-refractivity contribution in [2.75, 3.05) is 12.4 Å². The number of amides is 3. The van der Waals surface area contributed by atoms with Gasteiger partial charge in [0.05, 0.1) is 18.9 Å². The standard InChI is InChI=1S/C11H9N3O5S/c1-18-11(17)14-8(15)6-3-5-20-10(6)13-9(16)7-2-4-12-19-7/h2-5H,1H3,(H,13,16)(H,14,15,17). The minimum atomic E-state index is -0.881. The Morgan fingerprint density at radius 1 is 1.30 bits per heavy atom. The maximum Gasteiger partial charge on any atom is 0.413 e. The Kier molecular flexibility index (Phi) is 4.11. The van der Waals surface area contributed by atoms with E-state index < -0.39 is 17.9 Å². The fourth-order valence-electron chi connectivity index (χ4n) is 1.29. The highest BCUT2D eigenvalue weighted by Gasteiger charge is 2.19. The van der Waals surface area contributed by atoms with E-state index in [2.05, 4.69) is 15.2 Å². The molecule has 0 saturated heterocycles. The Labute approximate surface area is 116 Å². The van der Waals surface area contributed by atoms with Crippen molar-refractivity contribution < 1.29 is 23.6 Å². The number of rotatable bonds is 3. The van der Waals surface area contributed by atoms with E-state index in [4.69, 9.17) is 4.52 Å². The second-order valence-corrected chi connectivity index (χ2v) is 4.36. The van der Waals surface area contributed by atoms with Crippen molar-refractivity contribution in [3.8, 4) is 0 Å². The number of methoxy groups -OCH3 is 1. The fourth-order valence-corrected chi connectivity index (χ4v) is 2.07. The van der Waals surface area contributed by atoms with Crippen LogP contribution in [0.4, 0.5) is 9.80 Å². The summed E-state index contributed by atoms with van der Waals surface area (Å²) in [4.78, 5) is 34.5. The molecule has 0 radical (unpaired) electrons. The first-order valence-electron chi connectivity index (χ1n) is 5.30. The maximum absolute atomic E-state index is 11.8. The highest BCUT2D eigenvalue weighted by molar-refractivity contribution is 7.14. The molecule has 2 aromatic rings. The summed E-state index contributed by atoms with van der Waals surface area (Å²) in [6.07, 6.45) is 0.447. The summed E-state index contributed by atoms with van der Waals surface area (Å²) in [6.45, 7) is 0. The lowest BCUT2D eigenvalue weighted by atomic mass is 10.3. The number of carbonyl (C=O) groups excluding carboxylic acids is 3. The molecule has 0 bridgehead atoms. The number of thiophene rings is 1. The highest BCUT2D eigenvalue weighted by atomic mass is 32.1. The van der Waals surface area contributed by atoms with Crippen molar-refractivity contribution in [1.82, 2.24) is 10.5 Å². The van der Waals surface area contributed by atoms with Crippen LogP contribution in [0.2, 0.25) is 0 Å². The highest BCUT2D eigenvalue weighted by Crippen LogP contribution is 2.23. The lowest BCUT2D eigenvalue weighted by Crippen LogP contribution is -2.30. The lowest BCUT2D eigenvalue weighted by molar-refractivity contribution is 0.0938. The molecule has 3 amide bonds. The second kappa shape index (κ2) is 5.97.